The van der Waals surface area contributed by atoms with Gasteiger partial charge in [0.05, 0.1) is 19.6 Å². The Hall–Kier alpha value is -1.42. The minimum atomic E-state index is -0.870. The number of ether oxygens (including phenoxy) is 2. The minimum Gasteiger partial charge on any atom is -0.495 e. The van der Waals surface area contributed by atoms with Crippen LogP contribution in [0.2, 0.25) is 5.02 Å². The highest BCUT2D eigenvalue weighted by atomic mass is 35.5. The summed E-state index contributed by atoms with van der Waals surface area (Å²) in [6, 6.07) is 1.87. The summed E-state index contributed by atoms with van der Waals surface area (Å²) in [5.74, 6) is 0.169. The van der Waals surface area contributed by atoms with Gasteiger partial charge in [0.25, 0.3) is 0 Å². The summed E-state index contributed by atoms with van der Waals surface area (Å²) >= 11 is 6.35. The van der Waals surface area contributed by atoms with E-state index in [-0.39, 0.29) is 0 Å². The normalized spacial score (nSPS) is 16.4. The van der Waals surface area contributed by atoms with Crippen molar-refractivity contribution in [2.24, 2.45) is 0 Å². The second-order valence-electron chi connectivity index (χ2n) is 5.06. The molecule has 110 valence electrons. The van der Waals surface area contributed by atoms with Crippen molar-refractivity contribution in [1.82, 2.24) is 0 Å². The number of carboxylic acid groups (broad SMARTS) is 1. The van der Waals surface area contributed by atoms with Crippen LogP contribution >= 0.6 is 11.6 Å². The van der Waals surface area contributed by atoms with Gasteiger partial charge in [-0.15, -0.1) is 0 Å². The molecule has 0 spiro atoms. The lowest BCUT2D eigenvalue weighted by Gasteiger charge is -2.39. The molecule has 0 saturated heterocycles. The van der Waals surface area contributed by atoms with Gasteiger partial charge in [-0.25, -0.2) is 0 Å². The maximum absolute atomic E-state index is 11.7. The fraction of sp³-hybridized carbons (Fsp3) is 0.533. The molecule has 0 bridgehead atoms. The molecule has 1 saturated carbocycles. The number of hydrogen-bond donors (Lipinski definition) is 1. The van der Waals surface area contributed by atoms with Crippen molar-refractivity contribution in [2.75, 3.05) is 14.2 Å². The Balaban J connectivity index is 2.69. The van der Waals surface area contributed by atoms with Gasteiger partial charge in [-0.2, -0.15) is 0 Å². The number of halogens is 1. The van der Waals surface area contributed by atoms with E-state index in [9.17, 15) is 9.90 Å². The fourth-order valence-corrected chi connectivity index (χ4v) is 3.21. The van der Waals surface area contributed by atoms with Gasteiger partial charge < -0.3 is 14.6 Å². The Labute approximate surface area is 123 Å². The highest BCUT2D eigenvalue weighted by molar-refractivity contribution is 6.34. The zero-order valence-corrected chi connectivity index (χ0v) is 12.7. The van der Waals surface area contributed by atoms with Crippen LogP contribution in [-0.2, 0) is 16.6 Å². The molecule has 0 aliphatic heterocycles. The van der Waals surface area contributed by atoms with E-state index in [1.807, 2.05) is 13.0 Å². The van der Waals surface area contributed by atoms with Crippen LogP contribution in [0, 0.1) is 0 Å². The van der Waals surface area contributed by atoms with E-state index in [1.54, 1.807) is 7.11 Å². The summed E-state index contributed by atoms with van der Waals surface area (Å²) in [5, 5.41) is 9.97. The Morgan fingerprint density at radius 3 is 2.30 bits per heavy atom. The van der Waals surface area contributed by atoms with Crippen molar-refractivity contribution >= 4 is 17.6 Å². The summed E-state index contributed by atoms with van der Waals surface area (Å²) < 4.78 is 10.7. The van der Waals surface area contributed by atoms with Crippen molar-refractivity contribution < 1.29 is 19.4 Å². The highest BCUT2D eigenvalue weighted by Gasteiger charge is 2.48. The van der Waals surface area contributed by atoms with E-state index in [0.717, 1.165) is 18.4 Å². The van der Waals surface area contributed by atoms with Crippen LogP contribution in [0.3, 0.4) is 0 Å². The predicted molar refractivity (Wildman–Crippen MR) is 77.1 cm³/mol. The first-order valence-corrected chi connectivity index (χ1v) is 7.06. The number of hydrogen-bond acceptors (Lipinski definition) is 3. The van der Waals surface area contributed by atoms with E-state index < -0.39 is 11.4 Å². The third kappa shape index (κ3) is 2.03. The third-order valence-corrected chi connectivity index (χ3v) is 4.52. The Morgan fingerprint density at radius 2 is 1.95 bits per heavy atom. The lowest BCUT2D eigenvalue weighted by molar-refractivity contribution is -0.147. The Morgan fingerprint density at radius 1 is 1.35 bits per heavy atom. The second kappa shape index (κ2) is 5.52. The van der Waals surface area contributed by atoms with Crippen molar-refractivity contribution in [3.8, 4) is 11.5 Å². The molecule has 0 unspecified atom stereocenters. The number of carboxylic acids is 1. The fourth-order valence-electron chi connectivity index (χ4n) is 2.83. The molecule has 1 fully saturated rings. The average molecular weight is 299 g/mol. The number of aryl methyl sites for hydroxylation is 1. The van der Waals surface area contributed by atoms with Crippen LogP contribution in [0.25, 0.3) is 0 Å². The number of methoxy groups -OCH3 is 2. The zero-order valence-electron chi connectivity index (χ0n) is 12.0. The molecule has 0 radical (unpaired) electrons. The summed E-state index contributed by atoms with van der Waals surface area (Å²) in [6.07, 6.45) is 2.85. The highest BCUT2D eigenvalue weighted by Crippen LogP contribution is 2.52. The number of rotatable bonds is 5. The number of benzene rings is 1. The number of aliphatic carboxylic acids is 1. The maximum Gasteiger partial charge on any atom is 0.314 e. The van der Waals surface area contributed by atoms with Crippen LogP contribution in [-0.4, -0.2) is 25.3 Å². The Kier molecular flexibility index (Phi) is 4.14. The molecule has 1 aliphatic carbocycles. The quantitative estimate of drug-likeness (QED) is 0.905. The molecule has 1 aromatic carbocycles. The molecule has 0 atom stereocenters. The molecule has 1 aliphatic rings. The van der Waals surface area contributed by atoms with E-state index in [2.05, 4.69) is 0 Å². The van der Waals surface area contributed by atoms with Gasteiger partial charge in [0.1, 0.15) is 16.5 Å². The van der Waals surface area contributed by atoms with Crippen LogP contribution < -0.4 is 9.47 Å². The largest absolute Gasteiger partial charge is 0.495 e. The van der Waals surface area contributed by atoms with E-state index >= 15 is 0 Å². The number of carbonyl (C=O) groups is 1. The molecule has 1 N–H and O–H groups in total. The molecule has 4 nitrogen and oxygen atoms in total. The van der Waals surface area contributed by atoms with E-state index in [1.165, 1.54) is 7.11 Å². The van der Waals surface area contributed by atoms with Gasteiger partial charge >= 0.3 is 5.97 Å². The van der Waals surface area contributed by atoms with Crippen molar-refractivity contribution in [2.45, 2.75) is 38.0 Å². The maximum atomic E-state index is 11.7. The van der Waals surface area contributed by atoms with Crippen molar-refractivity contribution in [3.63, 3.8) is 0 Å². The van der Waals surface area contributed by atoms with Gasteiger partial charge in [-0.1, -0.05) is 24.9 Å². The van der Waals surface area contributed by atoms with Crippen LogP contribution in [0.5, 0.6) is 11.5 Å². The molecule has 0 heterocycles. The minimum absolute atomic E-state index is 0.358. The summed E-state index contributed by atoms with van der Waals surface area (Å²) in [5.41, 5.74) is 0.702. The van der Waals surface area contributed by atoms with E-state index in [0.29, 0.717) is 34.9 Å². The standard InChI is InChI=1S/C15H19ClO4/c1-4-9-8-10(15(14(17)18)6-5-7-15)13(20-3)11(16)12(9)19-2/h8H,4-7H2,1-3H3,(H,17,18). The molecular weight excluding hydrogens is 280 g/mol. The first-order valence-electron chi connectivity index (χ1n) is 6.69. The first kappa shape index (κ1) is 15.0. The topological polar surface area (TPSA) is 55.8 Å². The molecule has 0 amide bonds. The molecule has 5 heteroatoms. The van der Waals surface area contributed by atoms with Gasteiger partial charge in [-0.3, -0.25) is 4.79 Å². The lowest BCUT2D eigenvalue weighted by Crippen LogP contribution is -2.42. The molecule has 0 aromatic heterocycles. The van der Waals surface area contributed by atoms with Gasteiger partial charge in [0.15, 0.2) is 0 Å². The van der Waals surface area contributed by atoms with Crippen molar-refractivity contribution in [1.29, 1.82) is 0 Å². The van der Waals surface area contributed by atoms with Crippen LogP contribution in [0.15, 0.2) is 6.07 Å². The summed E-state index contributed by atoms with van der Waals surface area (Å²) in [7, 11) is 3.06. The SMILES string of the molecule is CCc1cc(C2(C(=O)O)CCC2)c(OC)c(Cl)c1OC. The third-order valence-electron chi connectivity index (χ3n) is 4.17. The molecular formula is C15H19ClO4. The van der Waals surface area contributed by atoms with Gasteiger partial charge in [-0.05, 0) is 30.9 Å². The summed E-state index contributed by atoms with van der Waals surface area (Å²) in [4.78, 5) is 11.7. The molecule has 1 aromatic rings. The molecule has 20 heavy (non-hydrogen) atoms. The summed E-state index contributed by atoms with van der Waals surface area (Å²) in [6.45, 7) is 1.98. The smallest absolute Gasteiger partial charge is 0.314 e. The van der Waals surface area contributed by atoms with Gasteiger partial charge in [0, 0.05) is 5.56 Å². The van der Waals surface area contributed by atoms with Crippen LogP contribution in [0.1, 0.15) is 37.3 Å². The average Bonchev–Trinajstić information content (AvgIpc) is 2.36. The van der Waals surface area contributed by atoms with E-state index in [4.69, 9.17) is 21.1 Å². The zero-order chi connectivity index (χ0) is 14.9. The van der Waals surface area contributed by atoms with Gasteiger partial charge in [0.2, 0.25) is 0 Å². The molecule has 2 rings (SSSR count). The predicted octanol–water partition coefficient (Wildman–Crippen LogP) is 3.43. The Bertz CT molecular complexity index is 535. The lowest BCUT2D eigenvalue weighted by atomic mass is 9.64. The monoisotopic (exact) mass is 298 g/mol. The van der Waals surface area contributed by atoms with Crippen molar-refractivity contribution in [3.05, 3.63) is 22.2 Å². The van der Waals surface area contributed by atoms with Crippen LogP contribution in [0.4, 0.5) is 0 Å². The second-order valence-corrected chi connectivity index (χ2v) is 5.44. The first-order chi connectivity index (χ1) is 9.51.